The highest BCUT2D eigenvalue weighted by molar-refractivity contribution is 4.83. The summed E-state index contributed by atoms with van der Waals surface area (Å²) in [6, 6.07) is 0.617. The molecule has 1 fully saturated rings. The Morgan fingerprint density at radius 2 is 1.81 bits per heavy atom. The summed E-state index contributed by atoms with van der Waals surface area (Å²) in [5, 5.41) is 13.2. The van der Waals surface area contributed by atoms with Gasteiger partial charge in [-0.2, -0.15) is 0 Å². The first-order valence-electron chi connectivity index (χ1n) is 7.01. The van der Waals surface area contributed by atoms with E-state index >= 15 is 0 Å². The number of nitrogens with one attached hydrogen (secondary N) is 1. The minimum atomic E-state index is 0.104. The predicted molar refractivity (Wildman–Crippen MR) is 69.5 cm³/mol. The van der Waals surface area contributed by atoms with Crippen molar-refractivity contribution < 1.29 is 5.11 Å². The zero-order valence-corrected chi connectivity index (χ0v) is 11.3. The van der Waals surface area contributed by atoms with Crippen LogP contribution < -0.4 is 5.32 Å². The molecule has 1 aliphatic rings. The number of aliphatic hydroxyl groups is 1. The molecule has 0 aliphatic heterocycles. The van der Waals surface area contributed by atoms with E-state index in [1.807, 2.05) is 0 Å². The molecule has 16 heavy (non-hydrogen) atoms. The summed E-state index contributed by atoms with van der Waals surface area (Å²) in [4.78, 5) is 0. The van der Waals surface area contributed by atoms with E-state index in [1.54, 1.807) is 0 Å². The van der Waals surface area contributed by atoms with Crippen LogP contribution >= 0.6 is 0 Å². The summed E-state index contributed by atoms with van der Waals surface area (Å²) in [7, 11) is 0. The second-order valence-electron chi connectivity index (χ2n) is 5.58. The summed E-state index contributed by atoms with van der Waals surface area (Å²) in [6.07, 6.45) is 7.71. The standard InChI is InChI=1S/C14H29NO/c1-4-14(5-2,11-16)10-15-12(3)13-8-6-7-9-13/h12-13,15-16H,4-11H2,1-3H3/t12-/m1/s1. The van der Waals surface area contributed by atoms with Crippen molar-refractivity contribution in [1.29, 1.82) is 0 Å². The van der Waals surface area contributed by atoms with Gasteiger partial charge in [0.05, 0.1) is 0 Å². The molecule has 0 aromatic rings. The molecule has 0 bridgehead atoms. The van der Waals surface area contributed by atoms with Gasteiger partial charge in [-0.15, -0.1) is 0 Å². The smallest absolute Gasteiger partial charge is 0.0499 e. The van der Waals surface area contributed by atoms with Crippen LogP contribution in [0, 0.1) is 11.3 Å². The lowest BCUT2D eigenvalue weighted by atomic mass is 9.82. The molecular formula is C14H29NO. The Morgan fingerprint density at radius 3 is 2.25 bits per heavy atom. The first kappa shape index (κ1) is 14.0. The van der Waals surface area contributed by atoms with Crippen molar-refractivity contribution in [2.45, 2.75) is 65.3 Å². The van der Waals surface area contributed by atoms with Crippen molar-refractivity contribution in [3.8, 4) is 0 Å². The molecule has 1 atom stereocenters. The summed E-state index contributed by atoms with van der Waals surface area (Å²) in [5.41, 5.74) is 0.104. The van der Waals surface area contributed by atoms with E-state index in [0.717, 1.165) is 25.3 Å². The molecule has 0 aromatic heterocycles. The number of hydrogen-bond acceptors (Lipinski definition) is 2. The molecule has 2 N–H and O–H groups in total. The molecule has 0 aromatic carbocycles. The molecule has 1 aliphatic carbocycles. The molecule has 0 amide bonds. The van der Waals surface area contributed by atoms with Crippen LogP contribution in [0.2, 0.25) is 0 Å². The number of hydrogen-bond donors (Lipinski definition) is 2. The number of aliphatic hydroxyl groups excluding tert-OH is 1. The van der Waals surface area contributed by atoms with E-state index in [9.17, 15) is 5.11 Å². The van der Waals surface area contributed by atoms with Gasteiger partial charge in [0.1, 0.15) is 0 Å². The molecular weight excluding hydrogens is 198 g/mol. The quantitative estimate of drug-likeness (QED) is 0.701. The maximum Gasteiger partial charge on any atom is 0.0499 e. The van der Waals surface area contributed by atoms with Crippen LogP contribution in [0.15, 0.2) is 0 Å². The Hall–Kier alpha value is -0.0800. The lowest BCUT2D eigenvalue weighted by Gasteiger charge is -2.32. The van der Waals surface area contributed by atoms with Crippen molar-refractivity contribution in [3.63, 3.8) is 0 Å². The second-order valence-corrected chi connectivity index (χ2v) is 5.58. The van der Waals surface area contributed by atoms with Crippen LogP contribution in [0.25, 0.3) is 0 Å². The normalized spacial score (nSPS) is 20.2. The van der Waals surface area contributed by atoms with E-state index in [0.29, 0.717) is 12.6 Å². The maximum atomic E-state index is 9.51. The van der Waals surface area contributed by atoms with Gasteiger partial charge >= 0.3 is 0 Å². The fourth-order valence-electron chi connectivity index (χ4n) is 2.78. The van der Waals surface area contributed by atoms with Gasteiger partial charge in [-0.25, -0.2) is 0 Å². The summed E-state index contributed by atoms with van der Waals surface area (Å²) >= 11 is 0. The van der Waals surface area contributed by atoms with Crippen LogP contribution in [0.5, 0.6) is 0 Å². The Bertz CT molecular complexity index is 175. The molecule has 0 spiro atoms. The van der Waals surface area contributed by atoms with Gasteiger partial charge in [0.25, 0.3) is 0 Å². The average Bonchev–Trinajstić information content (AvgIpc) is 2.85. The second kappa shape index (κ2) is 6.61. The Morgan fingerprint density at radius 1 is 1.25 bits per heavy atom. The molecule has 0 heterocycles. The van der Waals surface area contributed by atoms with Gasteiger partial charge in [0.2, 0.25) is 0 Å². The first-order chi connectivity index (χ1) is 7.67. The zero-order valence-electron chi connectivity index (χ0n) is 11.3. The molecule has 96 valence electrons. The molecule has 1 saturated carbocycles. The summed E-state index contributed by atoms with van der Waals surface area (Å²) in [5.74, 6) is 0.866. The number of rotatable bonds is 7. The molecule has 1 rings (SSSR count). The molecule has 2 nitrogen and oxygen atoms in total. The predicted octanol–water partition coefficient (Wildman–Crippen LogP) is 2.95. The highest BCUT2D eigenvalue weighted by Crippen LogP contribution is 2.29. The lowest BCUT2D eigenvalue weighted by Crippen LogP contribution is -2.42. The molecule has 0 radical (unpaired) electrons. The topological polar surface area (TPSA) is 32.3 Å². The summed E-state index contributed by atoms with van der Waals surface area (Å²) in [6.45, 7) is 7.95. The monoisotopic (exact) mass is 227 g/mol. The zero-order chi connectivity index (χ0) is 12.0. The van der Waals surface area contributed by atoms with Gasteiger partial charge < -0.3 is 10.4 Å². The van der Waals surface area contributed by atoms with Gasteiger partial charge in [0, 0.05) is 24.6 Å². The van der Waals surface area contributed by atoms with E-state index in [4.69, 9.17) is 0 Å². The van der Waals surface area contributed by atoms with Crippen molar-refractivity contribution >= 4 is 0 Å². The lowest BCUT2D eigenvalue weighted by molar-refractivity contribution is 0.107. The van der Waals surface area contributed by atoms with Gasteiger partial charge in [-0.05, 0) is 38.5 Å². The molecule has 2 heteroatoms. The minimum absolute atomic E-state index is 0.104. The minimum Gasteiger partial charge on any atom is -0.396 e. The third-order valence-corrected chi connectivity index (χ3v) is 4.74. The van der Waals surface area contributed by atoms with E-state index in [2.05, 4.69) is 26.1 Å². The largest absolute Gasteiger partial charge is 0.396 e. The van der Waals surface area contributed by atoms with E-state index in [1.165, 1.54) is 25.7 Å². The van der Waals surface area contributed by atoms with Crippen molar-refractivity contribution in [2.75, 3.05) is 13.2 Å². The van der Waals surface area contributed by atoms with Crippen LogP contribution in [0.3, 0.4) is 0 Å². The van der Waals surface area contributed by atoms with Gasteiger partial charge in [0.15, 0.2) is 0 Å². The fraction of sp³-hybridized carbons (Fsp3) is 1.00. The van der Waals surface area contributed by atoms with E-state index in [-0.39, 0.29) is 5.41 Å². The average molecular weight is 227 g/mol. The SMILES string of the molecule is CCC(CC)(CO)CN[C@H](C)C1CCCC1. The molecule has 0 saturated heterocycles. The maximum absolute atomic E-state index is 9.51. The van der Waals surface area contributed by atoms with Crippen molar-refractivity contribution in [3.05, 3.63) is 0 Å². The van der Waals surface area contributed by atoms with Crippen LogP contribution in [0.4, 0.5) is 0 Å². The van der Waals surface area contributed by atoms with Crippen molar-refractivity contribution in [1.82, 2.24) is 5.32 Å². The van der Waals surface area contributed by atoms with Gasteiger partial charge in [-0.3, -0.25) is 0 Å². The fourth-order valence-corrected chi connectivity index (χ4v) is 2.78. The first-order valence-corrected chi connectivity index (χ1v) is 7.01. The van der Waals surface area contributed by atoms with Crippen LogP contribution in [-0.2, 0) is 0 Å². The Kier molecular flexibility index (Phi) is 5.77. The van der Waals surface area contributed by atoms with E-state index < -0.39 is 0 Å². The Balaban J connectivity index is 2.36. The Labute approximate surface area is 101 Å². The molecule has 0 unspecified atom stereocenters. The van der Waals surface area contributed by atoms with Crippen molar-refractivity contribution in [2.24, 2.45) is 11.3 Å². The summed E-state index contributed by atoms with van der Waals surface area (Å²) < 4.78 is 0. The van der Waals surface area contributed by atoms with Gasteiger partial charge in [-0.1, -0.05) is 26.7 Å². The third kappa shape index (κ3) is 3.46. The van der Waals surface area contributed by atoms with Crippen LogP contribution in [-0.4, -0.2) is 24.3 Å². The highest BCUT2D eigenvalue weighted by Gasteiger charge is 2.27. The highest BCUT2D eigenvalue weighted by atomic mass is 16.3. The van der Waals surface area contributed by atoms with Crippen LogP contribution in [0.1, 0.15) is 59.3 Å². The third-order valence-electron chi connectivity index (χ3n) is 4.74.